The van der Waals surface area contributed by atoms with Gasteiger partial charge >= 0.3 is 0 Å². The van der Waals surface area contributed by atoms with Crippen LogP contribution in [-0.2, 0) is 4.79 Å². The molecule has 0 aromatic heterocycles. The molecular formula is C25H29NO4. The van der Waals surface area contributed by atoms with E-state index in [9.17, 15) is 4.79 Å². The minimum absolute atomic E-state index is 0.0691. The summed E-state index contributed by atoms with van der Waals surface area (Å²) < 4.78 is 16.7. The number of Topliss-reactive ketones (excluding diaryl/α,β-unsaturated/α-hetero) is 1. The molecule has 0 saturated carbocycles. The summed E-state index contributed by atoms with van der Waals surface area (Å²) in [6.45, 7) is 6.88. The Bertz CT molecular complexity index is 1000. The summed E-state index contributed by atoms with van der Waals surface area (Å²) in [5, 5.41) is 3.54. The Morgan fingerprint density at radius 1 is 1.03 bits per heavy atom. The molecule has 2 aromatic carbocycles. The lowest BCUT2D eigenvalue weighted by molar-refractivity contribution is -0.118. The highest BCUT2D eigenvalue weighted by atomic mass is 16.5. The molecule has 5 nitrogen and oxygen atoms in total. The molecule has 30 heavy (non-hydrogen) atoms. The third-order valence-electron chi connectivity index (χ3n) is 5.89. The smallest absolute Gasteiger partial charge is 0.162 e. The van der Waals surface area contributed by atoms with E-state index in [-0.39, 0.29) is 17.1 Å². The lowest BCUT2D eigenvalue weighted by Crippen LogP contribution is -2.33. The van der Waals surface area contributed by atoms with E-state index in [1.807, 2.05) is 31.2 Å². The van der Waals surface area contributed by atoms with Crippen molar-refractivity contribution in [3.63, 3.8) is 0 Å². The molecule has 0 spiro atoms. The average Bonchev–Trinajstić information content (AvgIpc) is 2.71. The van der Waals surface area contributed by atoms with Gasteiger partial charge in [0.1, 0.15) is 5.75 Å². The van der Waals surface area contributed by atoms with Gasteiger partial charge in [-0.2, -0.15) is 0 Å². The molecular weight excluding hydrogens is 378 g/mol. The highest BCUT2D eigenvalue weighted by Crippen LogP contribution is 2.51. The number of benzene rings is 2. The van der Waals surface area contributed by atoms with Gasteiger partial charge in [-0.25, -0.2) is 0 Å². The molecule has 2 aliphatic rings. The van der Waals surface area contributed by atoms with Gasteiger partial charge in [0.2, 0.25) is 0 Å². The fourth-order valence-corrected chi connectivity index (χ4v) is 4.61. The number of anilines is 1. The van der Waals surface area contributed by atoms with Gasteiger partial charge in [-0.05, 0) is 48.1 Å². The number of carbonyl (C=O) groups is 1. The third-order valence-corrected chi connectivity index (χ3v) is 5.89. The molecule has 0 saturated heterocycles. The maximum Gasteiger partial charge on any atom is 0.162 e. The van der Waals surface area contributed by atoms with Crippen molar-refractivity contribution in [2.45, 2.75) is 39.5 Å². The van der Waals surface area contributed by atoms with Crippen LogP contribution in [0, 0.1) is 5.41 Å². The van der Waals surface area contributed by atoms with Crippen molar-refractivity contribution < 1.29 is 19.0 Å². The van der Waals surface area contributed by atoms with Gasteiger partial charge < -0.3 is 19.5 Å². The van der Waals surface area contributed by atoms with Crippen LogP contribution in [0.15, 0.2) is 47.7 Å². The predicted octanol–water partition coefficient (Wildman–Crippen LogP) is 5.30. The monoisotopic (exact) mass is 407 g/mol. The Morgan fingerprint density at radius 3 is 2.33 bits per heavy atom. The highest BCUT2D eigenvalue weighted by Gasteiger charge is 2.41. The molecule has 1 atom stereocenters. The zero-order valence-electron chi connectivity index (χ0n) is 18.3. The Morgan fingerprint density at radius 2 is 1.70 bits per heavy atom. The van der Waals surface area contributed by atoms with Crippen molar-refractivity contribution >= 4 is 11.5 Å². The number of rotatable bonds is 5. The molecule has 0 bridgehead atoms. The first-order valence-corrected chi connectivity index (χ1v) is 10.4. The normalized spacial score (nSPS) is 19.5. The molecule has 1 aliphatic carbocycles. The Labute approximate surface area is 178 Å². The van der Waals surface area contributed by atoms with E-state index in [4.69, 9.17) is 14.2 Å². The second-order valence-corrected chi connectivity index (χ2v) is 8.69. The summed E-state index contributed by atoms with van der Waals surface area (Å²) in [7, 11) is 3.26. The number of nitrogens with one attached hydrogen (secondary N) is 1. The van der Waals surface area contributed by atoms with Crippen molar-refractivity contribution in [3.05, 3.63) is 58.8 Å². The van der Waals surface area contributed by atoms with E-state index in [1.165, 1.54) is 0 Å². The van der Waals surface area contributed by atoms with Crippen LogP contribution in [0.5, 0.6) is 17.2 Å². The number of ether oxygens (including phenoxy) is 3. The lowest BCUT2D eigenvalue weighted by Gasteiger charge is -2.39. The second kappa shape index (κ2) is 7.71. The van der Waals surface area contributed by atoms with Gasteiger partial charge in [0, 0.05) is 35.4 Å². The number of ketones is 1. The van der Waals surface area contributed by atoms with Crippen LogP contribution >= 0.6 is 0 Å². The Hall–Kier alpha value is -2.95. The molecule has 0 amide bonds. The zero-order valence-corrected chi connectivity index (χ0v) is 18.3. The van der Waals surface area contributed by atoms with Crippen molar-refractivity contribution in [1.82, 2.24) is 0 Å². The van der Waals surface area contributed by atoms with E-state index < -0.39 is 0 Å². The predicted molar refractivity (Wildman–Crippen MR) is 118 cm³/mol. The van der Waals surface area contributed by atoms with Gasteiger partial charge in [-0.3, -0.25) is 4.79 Å². The summed E-state index contributed by atoms with van der Waals surface area (Å²) in [5.74, 6) is 2.19. The standard InChI is InChI=1S/C25H29NO4/c1-6-30-16-9-7-15(8-10-16)23-17-11-21(28-4)22(29-5)12-18(17)26-19-13-25(2,3)14-20(27)24(19)23/h7-12,23,26H,6,13-14H2,1-5H3/t23-/m1/s1. The fraction of sp³-hybridized carbons (Fsp3) is 0.400. The van der Waals surface area contributed by atoms with E-state index in [0.29, 0.717) is 24.5 Å². The summed E-state index contributed by atoms with van der Waals surface area (Å²) in [5.41, 5.74) is 4.84. The molecule has 4 rings (SSSR count). The molecule has 0 radical (unpaired) electrons. The number of hydrogen-bond donors (Lipinski definition) is 1. The first-order chi connectivity index (χ1) is 14.4. The van der Waals surface area contributed by atoms with Crippen LogP contribution in [0.3, 0.4) is 0 Å². The lowest BCUT2D eigenvalue weighted by atomic mass is 9.68. The first-order valence-electron chi connectivity index (χ1n) is 10.4. The van der Waals surface area contributed by atoms with Crippen LogP contribution in [0.1, 0.15) is 50.7 Å². The molecule has 0 unspecified atom stereocenters. The van der Waals surface area contributed by atoms with Crippen molar-refractivity contribution in [3.8, 4) is 17.2 Å². The largest absolute Gasteiger partial charge is 0.494 e. The molecule has 0 fully saturated rings. The van der Waals surface area contributed by atoms with Crippen molar-refractivity contribution in [2.24, 2.45) is 5.41 Å². The van der Waals surface area contributed by atoms with E-state index in [1.54, 1.807) is 14.2 Å². The minimum Gasteiger partial charge on any atom is -0.494 e. The van der Waals surface area contributed by atoms with Crippen LogP contribution in [0.4, 0.5) is 5.69 Å². The fourth-order valence-electron chi connectivity index (χ4n) is 4.61. The number of fused-ring (bicyclic) bond motifs is 1. The van der Waals surface area contributed by atoms with Crippen molar-refractivity contribution in [2.75, 3.05) is 26.1 Å². The number of allylic oxidation sites excluding steroid dienone is 2. The van der Waals surface area contributed by atoms with Gasteiger partial charge in [-0.15, -0.1) is 0 Å². The SMILES string of the molecule is CCOc1ccc([C@H]2C3=C(CC(C)(C)CC3=O)Nc3cc(OC)c(OC)cc32)cc1. The zero-order chi connectivity index (χ0) is 21.5. The van der Waals surface area contributed by atoms with Gasteiger partial charge in [0.15, 0.2) is 17.3 Å². The second-order valence-electron chi connectivity index (χ2n) is 8.69. The maximum absolute atomic E-state index is 13.3. The molecule has 2 aromatic rings. The number of methoxy groups -OCH3 is 2. The summed E-state index contributed by atoms with van der Waals surface area (Å²) in [4.78, 5) is 13.3. The van der Waals surface area contributed by atoms with Crippen LogP contribution in [0.25, 0.3) is 0 Å². The van der Waals surface area contributed by atoms with E-state index in [0.717, 1.165) is 40.3 Å². The van der Waals surface area contributed by atoms with E-state index >= 15 is 0 Å². The third kappa shape index (κ3) is 3.53. The highest BCUT2D eigenvalue weighted by molar-refractivity contribution is 6.01. The van der Waals surface area contributed by atoms with Crippen LogP contribution < -0.4 is 19.5 Å². The minimum atomic E-state index is -0.157. The molecule has 1 N–H and O–H groups in total. The summed E-state index contributed by atoms with van der Waals surface area (Å²) in [6.07, 6.45) is 1.37. The molecule has 1 heterocycles. The van der Waals surface area contributed by atoms with Crippen LogP contribution in [0.2, 0.25) is 0 Å². The Kier molecular flexibility index (Phi) is 5.22. The van der Waals surface area contributed by atoms with E-state index in [2.05, 4.69) is 31.3 Å². The topological polar surface area (TPSA) is 56.8 Å². The molecule has 1 aliphatic heterocycles. The number of carbonyl (C=O) groups excluding carboxylic acids is 1. The first kappa shape index (κ1) is 20.3. The quantitative estimate of drug-likeness (QED) is 0.729. The summed E-state index contributed by atoms with van der Waals surface area (Å²) >= 11 is 0. The van der Waals surface area contributed by atoms with Gasteiger partial charge in [0.25, 0.3) is 0 Å². The maximum atomic E-state index is 13.3. The summed E-state index contributed by atoms with van der Waals surface area (Å²) in [6, 6.07) is 12.0. The molecule has 158 valence electrons. The number of hydrogen-bond acceptors (Lipinski definition) is 5. The molecule has 5 heteroatoms. The van der Waals surface area contributed by atoms with Crippen molar-refractivity contribution in [1.29, 1.82) is 0 Å². The Balaban J connectivity index is 1.90. The van der Waals surface area contributed by atoms with Gasteiger partial charge in [-0.1, -0.05) is 26.0 Å². The van der Waals surface area contributed by atoms with Gasteiger partial charge in [0.05, 0.1) is 20.8 Å². The average molecular weight is 408 g/mol. The van der Waals surface area contributed by atoms with Crippen LogP contribution in [-0.4, -0.2) is 26.6 Å².